The van der Waals surface area contributed by atoms with E-state index in [0.717, 1.165) is 0 Å². The van der Waals surface area contributed by atoms with Crippen LogP contribution in [0.3, 0.4) is 0 Å². The minimum atomic E-state index is -0.335. The first-order chi connectivity index (χ1) is 12.0. The molecule has 140 valence electrons. The molecule has 1 aromatic carbocycles. The van der Waals surface area contributed by atoms with Gasteiger partial charge in [0.25, 0.3) is 0 Å². The molecule has 2 unspecified atom stereocenters. The van der Waals surface area contributed by atoms with Crippen LogP contribution in [0.4, 0.5) is 4.39 Å². The molecule has 3 N–H and O–H groups in total. The van der Waals surface area contributed by atoms with E-state index >= 15 is 0 Å². The van der Waals surface area contributed by atoms with Gasteiger partial charge in [-0.1, -0.05) is 17.7 Å². The van der Waals surface area contributed by atoms with Gasteiger partial charge in [-0.2, -0.15) is 0 Å². The molecule has 0 bridgehead atoms. The third-order valence-corrected chi connectivity index (χ3v) is 4.42. The van der Waals surface area contributed by atoms with Crippen LogP contribution < -0.4 is 11.1 Å². The number of halogens is 2. The lowest BCUT2D eigenvalue weighted by atomic mass is 10.0. The molecule has 25 heavy (non-hydrogen) atoms. The molecule has 0 aliphatic carbocycles. The molecule has 2 atom stereocenters. The zero-order chi connectivity index (χ0) is 18.2. The number of nitrogens with zero attached hydrogens (tertiary/aromatic N) is 2. The van der Waals surface area contributed by atoms with Crippen molar-refractivity contribution in [3.05, 3.63) is 34.6 Å². The van der Waals surface area contributed by atoms with Gasteiger partial charge in [-0.15, -0.1) is 0 Å². The number of aliphatic imine (C=N–C) groups is 1. The maximum atomic E-state index is 14.5. The van der Waals surface area contributed by atoms with Crippen molar-refractivity contribution >= 4 is 17.6 Å². The van der Waals surface area contributed by atoms with E-state index in [0.29, 0.717) is 55.9 Å². The molecule has 1 aromatic rings. The number of nitrogens with two attached hydrogens (primary N) is 1. The van der Waals surface area contributed by atoms with Crippen LogP contribution in [0.5, 0.6) is 0 Å². The fourth-order valence-electron chi connectivity index (χ4n) is 2.87. The topological polar surface area (TPSA) is 72.1 Å². The van der Waals surface area contributed by atoms with Crippen LogP contribution >= 0.6 is 11.6 Å². The van der Waals surface area contributed by atoms with Crippen molar-refractivity contribution in [2.45, 2.75) is 19.1 Å². The number of ether oxygens (including phenoxy) is 2. The van der Waals surface area contributed by atoms with Gasteiger partial charge in [0.2, 0.25) is 0 Å². The molecule has 1 aliphatic rings. The van der Waals surface area contributed by atoms with E-state index in [1.54, 1.807) is 19.2 Å². The lowest BCUT2D eigenvalue weighted by molar-refractivity contribution is -0.0336. The Balaban J connectivity index is 2.19. The normalized spacial score (nSPS) is 20.5. The number of nitrogens with one attached hydrogen (secondary N) is 1. The Bertz CT molecular complexity index is 568. The number of hydrogen-bond donors (Lipinski definition) is 2. The van der Waals surface area contributed by atoms with Crippen molar-refractivity contribution in [3.63, 3.8) is 0 Å². The maximum absolute atomic E-state index is 14.5. The minimum absolute atomic E-state index is 0.0722. The summed E-state index contributed by atoms with van der Waals surface area (Å²) in [5.74, 6) is -0.0337. The van der Waals surface area contributed by atoms with Gasteiger partial charge < -0.3 is 20.5 Å². The monoisotopic (exact) mass is 372 g/mol. The van der Waals surface area contributed by atoms with Gasteiger partial charge in [-0.3, -0.25) is 9.89 Å². The van der Waals surface area contributed by atoms with Crippen molar-refractivity contribution in [2.75, 3.05) is 46.5 Å². The Morgan fingerprint density at radius 1 is 1.60 bits per heavy atom. The first-order valence-electron chi connectivity index (χ1n) is 8.35. The summed E-state index contributed by atoms with van der Waals surface area (Å²) in [6, 6.07) is 4.41. The quantitative estimate of drug-likeness (QED) is 0.434. The van der Waals surface area contributed by atoms with E-state index in [-0.39, 0.29) is 18.0 Å². The molecule has 1 aliphatic heterocycles. The molecule has 1 saturated heterocycles. The summed E-state index contributed by atoms with van der Waals surface area (Å²) in [7, 11) is 1.62. The summed E-state index contributed by atoms with van der Waals surface area (Å²) in [4.78, 5) is 6.52. The molecule has 1 heterocycles. The molecule has 0 aromatic heterocycles. The molecule has 1 fully saturated rings. The second-order valence-electron chi connectivity index (χ2n) is 5.97. The molecule has 0 spiro atoms. The summed E-state index contributed by atoms with van der Waals surface area (Å²) in [5, 5.41) is 3.36. The van der Waals surface area contributed by atoms with Crippen LogP contribution in [-0.2, 0) is 9.47 Å². The van der Waals surface area contributed by atoms with Gasteiger partial charge in [0.1, 0.15) is 5.82 Å². The SMILES string of the molecule is COCCNC(N)=NCC(c1c(F)cccc1Cl)N1CCOC(C)C1. The summed E-state index contributed by atoms with van der Waals surface area (Å²) in [5.41, 5.74) is 6.34. The van der Waals surface area contributed by atoms with E-state index in [9.17, 15) is 4.39 Å². The Morgan fingerprint density at radius 3 is 3.08 bits per heavy atom. The van der Waals surface area contributed by atoms with E-state index in [2.05, 4.69) is 15.2 Å². The predicted molar refractivity (Wildman–Crippen MR) is 97.5 cm³/mol. The fourth-order valence-corrected chi connectivity index (χ4v) is 3.16. The average Bonchev–Trinajstić information content (AvgIpc) is 2.57. The highest BCUT2D eigenvalue weighted by Gasteiger charge is 2.29. The van der Waals surface area contributed by atoms with Crippen molar-refractivity contribution < 1.29 is 13.9 Å². The second kappa shape index (κ2) is 9.91. The highest BCUT2D eigenvalue weighted by molar-refractivity contribution is 6.31. The Hall–Kier alpha value is -1.41. The van der Waals surface area contributed by atoms with Gasteiger partial charge >= 0.3 is 0 Å². The van der Waals surface area contributed by atoms with Crippen molar-refractivity contribution in [2.24, 2.45) is 10.7 Å². The van der Waals surface area contributed by atoms with Gasteiger partial charge in [-0.25, -0.2) is 4.39 Å². The highest BCUT2D eigenvalue weighted by atomic mass is 35.5. The predicted octanol–water partition coefficient (Wildman–Crippen LogP) is 1.79. The van der Waals surface area contributed by atoms with Gasteiger partial charge in [0, 0.05) is 37.3 Å². The minimum Gasteiger partial charge on any atom is -0.383 e. The van der Waals surface area contributed by atoms with E-state index in [4.69, 9.17) is 26.8 Å². The Morgan fingerprint density at radius 2 is 2.40 bits per heavy atom. The summed E-state index contributed by atoms with van der Waals surface area (Å²) in [6.45, 7) is 5.35. The zero-order valence-corrected chi connectivity index (χ0v) is 15.4. The molecular weight excluding hydrogens is 347 g/mol. The van der Waals surface area contributed by atoms with Gasteiger partial charge in [0.15, 0.2) is 5.96 Å². The Kier molecular flexibility index (Phi) is 7.90. The molecule has 0 amide bonds. The fraction of sp³-hybridized carbons (Fsp3) is 0.588. The van der Waals surface area contributed by atoms with Crippen molar-refractivity contribution in [3.8, 4) is 0 Å². The largest absolute Gasteiger partial charge is 0.383 e. The van der Waals surface area contributed by atoms with Crippen LogP contribution in [-0.4, -0.2) is 63.5 Å². The van der Waals surface area contributed by atoms with Crippen molar-refractivity contribution in [1.29, 1.82) is 0 Å². The third-order valence-electron chi connectivity index (χ3n) is 4.09. The summed E-state index contributed by atoms with van der Waals surface area (Å²) < 4.78 is 25.0. The van der Waals surface area contributed by atoms with Crippen LogP contribution in [0.15, 0.2) is 23.2 Å². The number of hydrogen-bond acceptors (Lipinski definition) is 4. The van der Waals surface area contributed by atoms with E-state index in [1.807, 2.05) is 6.92 Å². The first-order valence-corrected chi connectivity index (χ1v) is 8.73. The second-order valence-corrected chi connectivity index (χ2v) is 6.38. The van der Waals surface area contributed by atoms with Crippen molar-refractivity contribution in [1.82, 2.24) is 10.2 Å². The number of rotatable bonds is 7. The Labute approximate surface area is 153 Å². The molecule has 6 nitrogen and oxygen atoms in total. The third kappa shape index (κ3) is 5.81. The zero-order valence-electron chi connectivity index (χ0n) is 14.7. The molecule has 0 saturated carbocycles. The summed E-state index contributed by atoms with van der Waals surface area (Å²) in [6.07, 6.45) is 0.0722. The smallest absolute Gasteiger partial charge is 0.188 e. The van der Waals surface area contributed by atoms with Crippen LogP contribution in [0.2, 0.25) is 5.02 Å². The van der Waals surface area contributed by atoms with E-state index in [1.165, 1.54) is 6.07 Å². The maximum Gasteiger partial charge on any atom is 0.188 e. The number of methoxy groups -OCH3 is 1. The first kappa shape index (κ1) is 19.9. The molecule has 0 radical (unpaired) electrons. The van der Waals surface area contributed by atoms with Gasteiger partial charge in [0.05, 0.1) is 31.9 Å². The number of guanidine groups is 1. The van der Waals surface area contributed by atoms with E-state index < -0.39 is 0 Å². The molecule has 8 heteroatoms. The lowest BCUT2D eigenvalue weighted by Crippen LogP contribution is -2.44. The molecule has 2 rings (SSSR count). The number of morpholine rings is 1. The number of benzene rings is 1. The standard InChI is InChI=1S/C17H26ClFN4O2/c1-12-11-23(7-9-25-12)15(10-22-17(20)21-6-8-24-2)16-13(18)4-3-5-14(16)19/h3-5,12,15H,6-11H2,1-2H3,(H3,20,21,22). The average molecular weight is 373 g/mol. The van der Waals surface area contributed by atoms with Crippen LogP contribution in [0.1, 0.15) is 18.5 Å². The van der Waals surface area contributed by atoms with Gasteiger partial charge in [-0.05, 0) is 19.1 Å². The molecular formula is C17H26ClFN4O2. The van der Waals surface area contributed by atoms with Crippen LogP contribution in [0.25, 0.3) is 0 Å². The highest BCUT2D eigenvalue weighted by Crippen LogP contribution is 2.31. The lowest BCUT2D eigenvalue weighted by Gasteiger charge is -2.37. The van der Waals surface area contributed by atoms with Crippen LogP contribution in [0, 0.1) is 5.82 Å². The summed E-state index contributed by atoms with van der Waals surface area (Å²) >= 11 is 6.29.